The Hall–Kier alpha value is -2.14. The van der Waals surface area contributed by atoms with Gasteiger partial charge in [-0.05, 0) is 32.4 Å². The Labute approximate surface area is 141 Å². The topological polar surface area (TPSA) is 55.8 Å². The van der Waals surface area contributed by atoms with Crippen molar-refractivity contribution >= 4 is 17.6 Å². The number of fused-ring (bicyclic) bond motifs is 1. The second kappa shape index (κ2) is 5.18. The molecule has 0 saturated carbocycles. The van der Waals surface area contributed by atoms with Gasteiger partial charge >= 0.3 is 5.97 Å². The number of amides is 1. The summed E-state index contributed by atoms with van der Waals surface area (Å²) in [4.78, 5) is 27.4. The van der Waals surface area contributed by atoms with Gasteiger partial charge in [0.05, 0.1) is 24.7 Å². The third kappa shape index (κ3) is 2.04. The van der Waals surface area contributed by atoms with E-state index < -0.39 is 17.4 Å². The number of nitrogens with zero attached hydrogens (tertiary/aromatic N) is 1. The SMILES string of the molecule is Cc1ccccc1N1C[C@@]23C=C[C@H](O2)[C@H](C(=O)OC(C)C)[C@H]3C1=O. The van der Waals surface area contributed by atoms with E-state index in [2.05, 4.69) is 0 Å². The molecule has 3 aliphatic heterocycles. The summed E-state index contributed by atoms with van der Waals surface area (Å²) in [6.07, 6.45) is 3.29. The van der Waals surface area contributed by atoms with Crippen molar-refractivity contribution in [3.8, 4) is 0 Å². The maximum absolute atomic E-state index is 13.1. The van der Waals surface area contributed by atoms with Crippen LogP contribution in [0.25, 0.3) is 0 Å². The van der Waals surface area contributed by atoms with E-state index in [1.54, 1.807) is 4.90 Å². The molecule has 126 valence electrons. The molecule has 1 spiro atoms. The highest BCUT2D eigenvalue weighted by Crippen LogP contribution is 2.53. The molecule has 3 heterocycles. The molecule has 2 fully saturated rings. The Morgan fingerprint density at radius 1 is 1.38 bits per heavy atom. The standard InChI is InChI=1S/C19H21NO4/c1-11(2)23-18(22)15-14-8-9-19(24-14)10-20(17(21)16(15)19)13-7-5-4-6-12(13)3/h4-9,11,14-16H,10H2,1-3H3/t14-,15-,16-,19+/m0/s1. The highest BCUT2D eigenvalue weighted by Gasteiger charge is 2.67. The summed E-state index contributed by atoms with van der Waals surface area (Å²) in [6.45, 7) is 6.05. The predicted molar refractivity (Wildman–Crippen MR) is 88.5 cm³/mol. The zero-order chi connectivity index (χ0) is 17.1. The van der Waals surface area contributed by atoms with Crippen molar-refractivity contribution < 1.29 is 19.1 Å². The van der Waals surface area contributed by atoms with Gasteiger partial charge in [-0.25, -0.2) is 0 Å². The van der Waals surface area contributed by atoms with Crippen LogP contribution in [0.5, 0.6) is 0 Å². The van der Waals surface area contributed by atoms with Crippen molar-refractivity contribution in [2.24, 2.45) is 11.8 Å². The number of esters is 1. The molecule has 1 aromatic rings. The maximum Gasteiger partial charge on any atom is 0.313 e. The van der Waals surface area contributed by atoms with Gasteiger partial charge in [0.1, 0.15) is 11.5 Å². The molecule has 0 radical (unpaired) electrons. The molecule has 5 heteroatoms. The fourth-order valence-electron chi connectivity index (χ4n) is 4.15. The minimum atomic E-state index is -0.704. The summed E-state index contributed by atoms with van der Waals surface area (Å²) in [5.74, 6) is -1.45. The van der Waals surface area contributed by atoms with Crippen molar-refractivity contribution in [2.45, 2.75) is 38.6 Å². The molecule has 0 N–H and O–H groups in total. The van der Waals surface area contributed by atoms with Crippen LogP contribution >= 0.6 is 0 Å². The Morgan fingerprint density at radius 2 is 2.12 bits per heavy atom. The minimum absolute atomic E-state index is 0.0538. The molecule has 1 amide bonds. The van der Waals surface area contributed by atoms with Gasteiger partial charge in [0.2, 0.25) is 5.91 Å². The van der Waals surface area contributed by atoms with Gasteiger partial charge in [-0.3, -0.25) is 9.59 Å². The summed E-state index contributed by atoms with van der Waals surface area (Å²) in [5.41, 5.74) is 1.20. The number of benzene rings is 1. The zero-order valence-corrected chi connectivity index (χ0v) is 14.1. The quantitative estimate of drug-likeness (QED) is 0.631. The van der Waals surface area contributed by atoms with Gasteiger partial charge in [0, 0.05) is 5.69 Å². The molecule has 2 bridgehead atoms. The van der Waals surface area contributed by atoms with Gasteiger partial charge in [-0.2, -0.15) is 0 Å². The fourth-order valence-corrected chi connectivity index (χ4v) is 4.15. The van der Waals surface area contributed by atoms with E-state index in [1.807, 2.05) is 57.2 Å². The highest BCUT2D eigenvalue weighted by molar-refractivity contribution is 6.03. The lowest BCUT2D eigenvalue weighted by molar-refractivity contribution is -0.156. The van der Waals surface area contributed by atoms with E-state index in [1.165, 1.54) is 0 Å². The molecule has 0 unspecified atom stereocenters. The van der Waals surface area contributed by atoms with Crippen LogP contribution in [0.15, 0.2) is 36.4 Å². The maximum atomic E-state index is 13.1. The van der Waals surface area contributed by atoms with Gasteiger partial charge in [0.15, 0.2) is 0 Å². The van der Waals surface area contributed by atoms with E-state index in [4.69, 9.17) is 9.47 Å². The molecular formula is C19H21NO4. The number of hydrogen-bond acceptors (Lipinski definition) is 4. The van der Waals surface area contributed by atoms with Gasteiger partial charge < -0.3 is 14.4 Å². The summed E-state index contributed by atoms with van der Waals surface area (Å²) < 4.78 is 11.5. The first-order valence-corrected chi connectivity index (χ1v) is 8.37. The monoisotopic (exact) mass is 327 g/mol. The Morgan fingerprint density at radius 3 is 2.83 bits per heavy atom. The van der Waals surface area contributed by atoms with E-state index >= 15 is 0 Å². The van der Waals surface area contributed by atoms with Crippen molar-refractivity contribution in [3.05, 3.63) is 42.0 Å². The first-order valence-electron chi connectivity index (χ1n) is 8.37. The second-order valence-electron chi connectivity index (χ2n) is 7.10. The van der Waals surface area contributed by atoms with E-state index in [0.29, 0.717) is 6.54 Å². The molecule has 1 aromatic carbocycles. The van der Waals surface area contributed by atoms with Crippen LogP contribution < -0.4 is 4.90 Å². The first-order chi connectivity index (χ1) is 11.4. The molecule has 0 aliphatic carbocycles. The van der Waals surface area contributed by atoms with E-state index in [-0.39, 0.29) is 24.1 Å². The van der Waals surface area contributed by atoms with Crippen LogP contribution in [-0.2, 0) is 19.1 Å². The summed E-state index contributed by atoms with van der Waals surface area (Å²) >= 11 is 0. The number of aryl methyl sites for hydroxylation is 1. The number of carbonyl (C=O) groups is 2. The smallest absolute Gasteiger partial charge is 0.313 e. The normalized spacial score (nSPS) is 33.4. The lowest BCUT2D eigenvalue weighted by Crippen LogP contribution is -2.40. The largest absolute Gasteiger partial charge is 0.463 e. The molecule has 4 atom stereocenters. The van der Waals surface area contributed by atoms with Crippen LogP contribution in [0.1, 0.15) is 19.4 Å². The fraction of sp³-hybridized carbons (Fsp3) is 0.474. The molecule has 2 saturated heterocycles. The van der Waals surface area contributed by atoms with Crippen LogP contribution in [0.3, 0.4) is 0 Å². The average molecular weight is 327 g/mol. The number of anilines is 1. The number of rotatable bonds is 3. The minimum Gasteiger partial charge on any atom is -0.463 e. The Bertz CT molecular complexity index is 741. The van der Waals surface area contributed by atoms with Crippen LogP contribution in [0.4, 0.5) is 5.69 Å². The lowest BCUT2D eigenvalue weighted by Gasteiger charge is -2.23. The lowest BCUT2D eigenvalue weighted by atomic mass is 9.77. The van der Waals surface area contributed by atoms with E-state index in [0.717, 1.165) is 11.3 Å². The average Bonchev–Trinajstić information content (AvgIpc) is 3.15. The number of para-hydroxylation sites is 1. The molecule has 5 nitrogen and oxygen atoms in total. The summed E-state index contributed by atoms with van der Waals surface area (Å²) in [7, 11) is 0. The molecule has 0 aromatic heterocycles. The van der Waals surface area contributed by atoms with Crippen LogP contribution in [0.2, 0.25) is 0 Å². The van der Waals surface area contributed by atoms with Crippen molar-refractivity contribution in [2.75, 3.05) is 11.4 Å². The van der Waals surface area contributed by atoms with Crippen LogP contribution in [-0.4, -0.2) is 36.2 Å². The predicted octanol–water partition coefficient (Wildman–Crippen LogP) is 2.23. The molecule has 4 rings (SSSR count). The highest BCUT2D eigenvalue weighted by atomic mass is 16.6. The summed E-state index contributed by atoms with van der Waals surface area (Å²) in [6, 6.07) is 7.78. The Balaban J connectivity index is 1.69. The van der Waals surface area contributed by atoms with Gasteiger partial charge in [-0.15, -0.1) is 0 Å². The van der Waals surface area contributed by atoms with E-state index in [9.17, 15) is 9.59 Å². The first kappa shape index (κ1) is 15.4. The number of carbonyl (C=O) groups excluding carboxylic acids is 2. The van der Waals surface area contributed by atoms with Crippen molar-refractivity contribution in [1.29, 1.82) is 0 Å². The number of hydrogen-bond donors (Lipinski definition) is 0. The second-order valence-corrected chi connectivity index (χ2v) is 7.10. The summed E-state index contributed by atoms with van der Waals surface area (Å²) in [5, 5.41) is 0. The molecular weight excluding hydrogens is 306 g/mol. The zero-order valence-electron chi connectivity index (χ0n) is 14.1. The molecule has 3 aliphatic rings. The van der Waals surface area contributed by atoms with Gasteiger partial charge in [-0.1, -0.05) is 30.4 Å². The molecule has 24 heavy (non-hydrogen) atoms. The van der Waals surface area contributed by atoms with Crippen LogP contribution in [0, 0.1) is 18.8 Å². The van der Waals surface area contributed by atoms with Gasteiger partial charge in [0.25, 0.3) is 0 Å². The third-order valence-corrected chi connectivity index (χ3v) is 5.13. The van der Waals surface area contributed by atoms with Crippen molar-refractivity contribution in [1.82, 2.24) is 0 Å². The Kier molecular flexibility index (Phi) is 3.32. The third-order valence-electron chi connectivity index (χ3n) is 5.13. The number of ether oxygens (including phenoxy) is 2. The van der Waals surface area contributed by atoms with Crippen molar-refractivity contribution in [3.63, 3.8) is 0 Å².